The van der Waals surface area contributed by atoms with Crippen molar-refractivity contribution >= 4 is 15.7 Å². The molecule has 0 fully saturated rings. The van der Waals surface area contributed by atoms with Gasteiger partial charge in [-0.15, -0.1) is 0 Å². The van der Waals surface area contributed by atoms with Crippen molar-refractivity contribution in [2.24, 2.45) is 0 Å². The van der Waals surface area contributed by atoms with Crippen molar-refractivity contribution in [2.75, 3.05) is 25.4 Å². The Balaban J connectivity index is 3.28. The Hall–Kier alpha value is -1.18. The van der Waals surface area contributed by atoms with Crippen LogP contribution in [-0.4, -0.2) is 37.5 Å². The van der Waals surface area contributed by atoms with Crippen LogP contribution in [0.15, 0.2) is 17.0 Å². The second-order valence-corrected chi connectivity index (χ2v) is 6.17. The molecule has 5 nitrogen and oxygen atoms in total. The summed E-state index contributed by atoms with van der Waals surface area (Å²) in [5, 5.41) is 8.95. The molecule has 0 aliphatic carbocycles. The minimum Gasteiger partial charge on any atom is -0.396 e. The van der Waals surface area contributed by atoms with Gasteiger partial charge < -0.3 is 10.8 Å². The van der Waals surface area contributed by atoms with Crippen LogP contribution in [0.4, 0.5) is 10.1 Å². The monoisotopic (exact) mass is 290 g/mol. The summed E-state index contributed by atoms with van der Waals surface area (Å²) in [5.41, 5.74) is 5.52. The molecule has 1 aromatic carbocycles. The Morgan fingerprint density at radius 2 is 2.00 bits per heavy atom. The molecule has 0 aliphatic heterocycles. The van der Waals surface area contributed by atoms with Crippen LogP contribution < -0.4 is 5.73 Å². The fourth-order valence-electron chi connectivity index (χ4n) is 1.80. The predicted octanol–water partition coefficient (Wildman–Crippen LogP) is 1.11. The fourth-order valence-corrected chi connectivity index (χ4v) is 3.56. The SMILES string of the molecule is CCCN(CCO)S(=O)(=O)c1cc(N)c(F)cc1C. The topological polar surface area (TPSA) is 83.6 Å². The Morgan fingerprint density at radius 1 is 1.37 bits per heavy atom. The molecule has 0 heterocycles. The van der Waals surface area contributed by atoms with Gasteiger partial charge in [-0.1, -0.05) is 6.92 Å². The molecule has 108 valence electrons. The van der Waals surface area contributed by atoms with Crippen LogP contribution in [0.5, 0.6) is 0 Å². The normalized spacial score (nSPS) is 12.1. The van der Waals surface area contributed by atoms with Crippen LogP contribution in [0.25, 0.3) is 0 Å². The molecular weight excluding hydrogens is 271 g/mol. The summed E-state index contributed by atoms with van der Waals surface area (Å²) >= 11 is 0. The quantitative estimate of drug-likeness (QED) is 0.769. The van der Waals surface area contributed by atoms with Crippen molar-refractivity contribution in [1.82, 2.24) is 4.31 Å². The van der Waals surface area contributed by atoms with E-state index in [4.69, 9.17) is 10.8 Å². The number of aryl methyl sites for hydroxylation is 1. The summed E-state index contributed by atoms with van der Waals surface area (Å²) in [6.45, 7) is 3.38. The zero-order valence-electron chi connectivity index (χ0n) is 11.1. The molecule has 19 heavy (non-hydrogen) atoms. The molecule has 0 saturated heterocycles. The van der Waals surface area contributed by atoms with E-state index in [-0.39, 0.29) is 23.7 Å². The molecule has 0 aromatic heterocycles. The van der Waals surface area contributed by atoms with Gasteiger partial charge in [-0.2, -0.15) is 4.31 Å². The molecule has 0 atom stereocenters. The number of nitrogen functional groups attached to an aromatic ring is 1. The van der Waals surface area contributed by atoms with Crippen LogP contribution in [0.2, 0.25) is 0 Å². The molecule has 0 unspecified atom stereocenters. The van der Waals surface area contributed by atoms with Crippen LogP contribution in [0, 0.1) is 12.7 Å². The molecule has 3 N–H and O–H groups in total. The van der Waals surface area contributed by atoms with E-state index in [1.807, 2.05) is 6.92 Å². The molecule has 0 amide bonds. The van der Waals surface area contributed by atoms with Gasteiger partial charge in [0.05, 0.1) is 17.2 Å². The van der Waals surface area contributed by atoms with E-state index >= 15 is 0 Å². The van der Waals surface area contributed by atoms with Crippen molar-refractivity contribution in [3.8, 4) is 0 Å². The molecule has 7 heteroatoms. The van der Waals surface area contributed by atoms with Crippen LogP contribution in [0.3, 0.4) is 0 Å². The number of hydrogen-bond acceptors (Lipinski definition) is 4. The Kier molecular flexibility index (Phi) is 5.28. The maximum Gasteiger partial charge on any atom is 0.243 e. The number of aliphatic hydroxyl groups excluding tert-OH is 1. The van der Waals surface area contributed by atoms with Gasteiger partial charge in [-0.05, 0) is 31.0 Å². The van der Waals surface area contributed by atoms with Gasteiger partial charge in [0.15, 0.2) is 0 Å². The molecule has 1 rings (SSSR count). The number of halogens is 1. The van der Waals surface area contributed by atoms with Crippen LogP contribution in [-0.2, 0) is 10.0 Å². The number of anilines is 1. The van der Waals surface area contributed by atoms with Crippen molar-refractivity contribution < 1.29 is 17.9 Å². The molecule has 0 saturated carbocycles. The summed E-state index contributed by atoms with van der Waals surface area (Å²) in [7, 11) is -3.77. The minimum atomic E-state index is -3.77. The average molecular weight is 290 g/mol. The van der Waals surface area contributed by atoms with Crippen molar-refractivity contribution in [3.63, 3.8) is 0 Å². The second kappa shape index (κ2) is 6.31. The maximum absolute atomic E-state index is 13.3. The molecule has 0 radical (unpaired) electrons. The van der Waals surface area contributed by atoms with Gasteiger partial charge in [0, 0.05) is 13.1 Å². The third kappa shape index (κ3) is 3.43. The molecule has 0 bridgehead atoms. The smallest absolute Gasteiger partial charge is 0.243 e. The number of nitrogens with zero attached hydrogens (tertiary/aromatic N) is 1. The third-order valence-corrected chi connectivity index (χ3v) is 4.78. The first-order valence-corrected chi connectivity index (χ1v) is 7.45. The zero-order chi connectivity index (χ0) is 14.6. The lowest BCUT2D eigenvalue weighted by Gasteiger charge is -2.22. The first-order chi connectivity index (χ1) is 8.84. The van der Waals surface area contributed by atoms with Crippen molar-refractivity contribution in [2.45, 2.75) is 25.2 Å². The van der Waals surface area contributed by atoms with Gasteiger partial charge in [-0.25, -0.2) is 12.8 Å². The predicted molar refractivity (Wildman–Crippen MR) is 71.7 cm³/mol. The van der Waals surface area contributed by atoms with Crippen molar-refractivity contribution in [1.29, 1.82) is 0 Å². The van der Waals surface area contributed by atoms with Gasteiger partial charge >= 0.3 is 0 Å². The molecular formula is C12H19FN2O3S. The minimum absolute atomic E-state index is 0.00684. The van der Waals surface area contributed by atoms with E-state index in [1.54, 1.807) is 0 Å². The summed E-state index contributed by atoms with van der Waals surface area (Å²) in [5.74, 6) is -0.638. The Bertz CT molecular complexity index is 540. The second-order valence-electron chi connectivity index (χ2n) is 4.27. The third-order valence-electron chi connectivity index (χ3n) is 2.73. The largest absolute Gasteiger partial charge is 0.396 e. The van der Waals surface area contributed by atoms with Crippen molar-refractivity contribution in [3.05, 3.63) is 23.5 Å². The first-order valence-electron chi connectivity index (χ1n) is 6.01. The Labute approximate surface area is 112 Å². The van der Waals surface area contributed by atoms with Gasteiger partial charge in [0.1, 0.15) is 5.82 Å². The lowest BCUT2D eigenvalue weighted by Crippen LogP contribution is -2.34. The lowest BCUT2D eigenvalue weighted by molar-refractivity contribution is 0.253. The van der Waals surface area contributed by atoms with E-state index in [1.165, 1.54) is 11.2 Å². The standard InChI is InChI=1S/C12H19FN2O3S/c1-3-4-15(5-6-16)19(17,18)12-8-11(14)10(13)7-9(12)2/h7-8,16H,3-6,14H2,1-2H3. The van der Waals surface area contributed by atoms with Gasteiger partial charge in [-0.3, -0.25) is 0 Å². The molecule has 1 aromatic rings. The number of nitrogens with two attached hydrogens (primary N) is 1. The molecule has 0 aliphatic rings. The summed E-state index contributed by atoms with van der Waals surface area (Å²) in [6, 6.07) is 2.23. The average Bonchev–Trinajstić information content (AvgIpc) is 2.33. The fraction of sp³-hybridized carbons (Fsp3) is 0.500. The lowest BCUT2D eigenvalue weighted by atomic mass is 10.2. The van der Waals surface area contributed by atoms with E-state index in [0.29, 0.717) is 18.5 Å². The van der Waals surface area contributed by atoms with Gasteiger partial charge in [0.2, 0.25) is 10.0 Å². The summed E-state index contributed by atoms with van der Waals surface area (Å²) < 4.78 is 39.3. The summed E-state index contributed by atoms with van der Waals surface area (Å²) in [6.07, 6.45) is 0.620. The summed E-state index contributed by atoms with van der Waals surface area (Å²) in [4.78, 5) is -0.0201. The number of aliphatic hydroxyl groups is 1. The number of hydrogen-bond donors (Lipinski definition) is 2. The van der Waals surface area contributed by atoms with Gasteiger partial charge in [0.25, 0.3) is 0 Å². The molecule has 0 spiro atoms. The number of benzene rings is 1. The van der Waals surface area contributed by atoms with Crippen LogP contribution >= 0.6 is 0 Å². The highest BCUT2D eigenvalue weighted by Gasteiger charge is 2.26. The van der Waals surface area contributed by atoms with E-state index in [0.717, 1.165) is 12.1 Å². The van der Waals surface area contributed by atoms with E-state index in [9.17, 15) is 12.8 Å². The number of rotatable bonds is 6. The van der Waals surface area contributed by atoms with E-state index in [2.05, 4.69) is 0 Å². The first kappa shape index (κ1) is 15.9. The maximum atomic E-state index is 13.3. The van der Waals surface area contributed by atoms with E-state index < -0.39 is 15.8 Å². The Morgan fingerprint density at radius 3 is 2.53 bits per heavy atom. The zero-order valence-corrected chi connectivity index (χ0v) is 11.9. The highest BCUT2D eigenvalue weighted by molar-refractivity contribution is 7.89. The van der Waals surface area contributed by atoms with Crippen LogP contribution in [0.1, 0.15) is 18.9 Å². The highest BCUT2D eigenvalue weighted by atomic mass is 32.2. The number of sulfonamides is 1. The highest BCUT2D eigenvalue weighted by Crippen LogP contribution is 2.24.